The number of aromatic nitrogens is 3. The molecule has 0 unspecified atom stereocenters. The van der Waals surface area contributed by atoms with Gasteiger partial charge in [0.1, 0.15) is 43.1 Å². The van der Waals surface area contributed by atoms with Gasteiger partial charge >= 0.3 is 0 Å². The first-order valence-electron chi connectivity index (χ1n) is 12.4. The Bertz CT molecular complexity index is 1020. The van der Waals surface area contributed by atoms with Crippen molar-refractivity contribution >= 4 is 29.6 Å². The molecule has 10 nitrogen and oxygen atoms in total. The smallest absolute Gasteiger partial charge is 0.219 e. The van der Waals surface area contributed by atoms with Gasteiger partial charge in [0, 0.05) is 58.0 Å². The van der Waals surface area contributed by atoms with Crippen LogP contribution in [-0.2, 0) is 4.79 Å². The number of carbonyl (C=O) groups is 1. The first-order chi connectivity index (χ1) is 17.1. The fraction of sp³-hybridized carbons (Fsp3) is 0.560. The van der Waals surface area contributed by atoms with Crippen LogP contribution in [0.2, 0.25) is 0 Å². The topological polar surface area (TPSA) is 105 Å². The van der Waals surface area contributed by atoms with Crippen molar-refractivity contribution < 1.29 is 18.8 Å². The van der Waals surface area contributed by atoms with Crippen molar-refractivity contribution in [3.63, 3.8) is 0 Å². The molecule has 0 bridgehead atoms. The van der Waals surface area contributed by atoms with Crippen LogP contribution in [0.3, 0.4) is 0 Å². The van der Waals surface area contributed by atoms with Crippen molar-refractivity contribution in [2.75, 3.05) is 57.1 Å². The summed E-state index contributed by atoms with van der Waals surface area (Å²) in [5.74, 6) is 3.94. The molecule has 10 heteroatoms. The molecule has 4 heterocycles. The predicted octanol–water partition coefficient (Wildman–Crippen LogP) is 2.94. The van der Waals surface area contributed by atoms with Crippen molar-refractivity contribution in [3.8, 4) is 11.5 Å². The lowest BCUT2D eigenvalue weighted by Gasteiger charge is -2.31. The first kappa shape index (κ1) is 24.7. The van der Waals surface area contributed by atoms with Gasteiger partial charge in [0.25, 0.3) is 0 Å². The van der Waals surface area contributed by atoms with Crippen LogP contribution in [0.15, 0.2) is 24.7 Å². The SMILES string of the molecule is COc1cnc(Nc2cc(NCC3CCN(C(C)=O)CC3)ncn2)cc1OCCC[N+]1=CCCC1. The molecule has 0 atom stereocenters. The molecule has 0 aromatic carbocycles. The second-order valence-corrected chi connectivity index (χ2v) is 9.03. The summed E-state index contributed by atoms with van der Waals surface area (Å²) in [6.07, 6.45) is 10.8. The maximum Gasteiger partial charge on any atom is 0.219 e. The Labute approximate surface area is 206 Å². The molecule has 2 aromatic rings. The summed E-state index contributed by atoms with van der Waals surface area (Å²) in [6.45, 7) is 6.85. The number of likely N-dealkylation sites (tertiary alicyclic amines) is 1. The average Bonchev–Trinajstić information content (AvgIpc) is 3.40. The van der Waals surface area contributed by atoms with Crippen LogP contribution in [0.25, 0.3) is 0 Å². The summed E-state index contributed by atoms with van der Waals surface area (Å²) < 4.78 is 13.8. The van der Waals surface area contributed by atoms with E-state index >= 15 is 0 Å². The Morgan fingerprint density at radius 1 is 1.14 bits per heavy atom. The summed E-state index contributed by atoms with van der Waals surface area (Å²) in [4.78, 5) is 26.5. The van der Waals surface area contributed by atoms with E-state index in [9.17, 15) is 4.79 Å². The van der Waals surface area contributed by atoms with E-state index in [0.29, 0.717) is 35.7 Å². The van der Waals surface area contributed by atoms with E-state index < -0.39 is 0 Å². The zero-order valence-corrected chi connectivity index (χ0v) is 20.7. The number of hydrogen-bond acceptors (Lipinski definition) is 8. The zero-order chi connectivity index (χ0) is 24.5. The van der Waals surface area contributed by atoms with Gasteiger partial charge in [-0.25, -0.2) is 19.5 Å². The maximum atomic E-state index is 11.5. The molecule has 0 aliphatic carbocycles. The molecule has 2 aliphatic rings. The van der Waals surface area contributed by atoms with Gasteiger partial charge in [0.15, 0.2) is 11.5 Å². The minimum atomic E-state index is 0.157. The molecule has 0 saturated carbocycles. The monoisotopic (exact) mass is 482 g/mol. The third kappa shape index (κ3) is 7.27. The number of carbonyl (C=O) groups excluding carboxylic acids is 1. The largest absolute Gasteiger partial charge is 0.491 e. The van der Waals surface area contributed by atoms with Crippen LogP contribution < -0.4 is 20.1 Å². The normalized spacial score (nSPS) is 16.1. The molecular formula is C25H36N7O3+. The summed E-state index contributed by atoms with van der Waals surface area (Å²) in [6, 6.07) is 3.70. The van der Waals surface area contributed by atoms with E-state index in [1.165, 1.54) is 19.2 Å². The highest BCUT2D eigenvalue weighted by Gasteiger charge is 2.20. The molecule has 2 aromatic heterocycles. The number of nitrogens with zero attached hydrogens (tertiary/aromatic N) is 5. The Kier molecular flexibility index (Phi) is 8.69. The molecular weight excluding hydrogens is 446 g/mol. The second kappa shape index (κ2) is 12.3. The van der Waals surface area contributed by atoms with Crippen LogP contribution in [0, 0.1) is 5.92 Å². The van der Waals surface area contributed by atoms with Gasteiger partial charge in [-0.1, -0.05) is 0 Å². The van der Waals surface area contributed by atoms with Crippen molar-refractivity contribution in [2.24, 2.45) is 5.92 Å². The van der Waals surface area contributed by atoms with Crippen LogP contribution in [-0.4, -0.2) is 83.0 Å². The molecule has 1 amide bonds. The predicted molar refractivity (Wildman–Crippen MR) is 135 cm³/mol. The van der Waals surface area contributed by atoms with Crippen LogP contribution in [0.4, 0.5) is 17.5 Å². The number of hydrogen-bond donors (Lipinski definition) is 2. The molecule has 2 N–H and O–H groups in total. The molecule has 0 radical (unpaired) electrons. The first-order valence-corrected chi connectivity index (χ1v) is 12.4. The molecule has 2 aliphatic heterocycles. The molecule has 0 spiro atoms. The molecule has 35 heavy (non-hydrogen) atoms. The Morgan fingerprint density at radius 2 is 1.94 bits per heavy atom. The molecule has 188 valence electrons. The van der Waals surface area contributed by atoms with E-state index in [1.807, 2.05) is 17.0 Å². The highest BCUT2D eigenvalue weighted by Crippen LogP contribution is 2.29. The minimum Gasteiger partial charge on any atom is -0.491 e. The van der Waals surface area contributed by atoms with E-state index in [0.717, 1.165) is 57.8 Å². The number of nitrogens with one attached hydrogen (secondary N) is 2. The van der Waals surface area contributed by atoms with Gasteiger partial charge in [0.05, 0.1) is 19.9 Å². The molecule has 4 rings (SSSR count). The highest BCUT2D eigenvalue weighted by atomic mass is 16.5. The van der Waals surface area contributed by atoms with Crippen molar-refractivity contribution in [1.82, 2.24) is 19.9 Å². The summed E-state index contributed by atoms with van der Waals surface area (Å²) in [7, 11) is 1.61. The van der Waals surface area contributed by atoms with E-state index in [2.05, 4.69) is 36.4 Å². The van der Waals surface area contributed by atoms with Crippen LogP contribution >= 0.6 is 0 Å². The number of methoxy groups -OCH3 is 1. The van der Waals surface area contributed by atoms with Crippen LogP contribution in [0.1, 0.15) is 39.0 Å². The molecule has 1 fully saturated rings. The zero-order valence-electron chi connectivity index (χ0n) is 20.7. The number of amides is 1. The molecule has 1 saturated heterocycles. The fourth-order valence-corrected chi connectivity index (χ4v) is 4.43. The number of ether oxygens (including phenoxy) is 2. The van der Waals surface area contributed by atoms with Crippen molar-refractivity contribution in [1.29, 1.82) is 0 Å². The van der Waals surface area contributed by atoms with Crippen molar-refractivity contribution in [2.45, 2.75) is 39.0 Å². The average molecular weight is 483 g/mol. The second-order valence-electron chi connectivity index (χ2n) is 9.03. The third-order valence-electron chi connectivity index (χ3n) is 6.49. The number of rotatable bonds is 11. The maximum absolute atomic E-state index is 11.5. The Morgan fingerprint density at radius 3 is 2.69 bits per heavy atom. The summed E-state index contributed by atoms with van der Waals surface area (Å²) in [5, 5.41) is 6.64. The number of piperidine rings is 1. The standard InChI is InChI=1S/C25H36N7O3/c1-19(33)32-11-6-20(7-12-32)16-26-23-15-25(29-18-28-23)30-24-14-21(22(34-2)17-27-24)35-13-5-10-31-8-3-4-9-31/h8,14-15,17-18,20H,3-7,9-13,16H2,1-2H3,(H2,26,27,28,29,30)/q+1. The lowest BCUT2D eigenvalue weighted by molar-refractivity contribution is -0.516. The quantitative estimate of drug-likeness (QED) is 0.372. The lowest BCUT2D eigenvalue weighted by Crippen LogP contribution is -2.38. The van der Waals surface area contributed by atoms with Gasteiger partial charge in [-0.05, 0) is 18.8 Å². The van der Waals surface area contributed by atoms with Gasteiger partial charge in [-0.2, -0.15) is 0 Å². The number of pyridine rings is 1. The number of anilines is 3. The Balaban J connectivity index is 1.29. The highest BCUT2D eigenvalue weighted by molar-refractivity contribution is 5.73. The Hall–Kier alpha value is -3.43. The van der Waals surface area contributed by atoms with Crippen LogP contribution in [0.5, 0.6) is 11.5 Å². The minimum absolute atomic E-state index is 0.157. The van der Waals surface area contributed by atoms with Gasteiger partial charge in [0.2, 0.25) is 5.91 Å². The lowest BCUT2D eigenvalue weighted by atomic mass is 9.97. The van der Waals surface area contributed by atoms with Crippen molar-refractivity contribution in [3.05, 3.63) is 24.7 Å². The third-order valence-corrected chi connectivity index (χ3v) is 6.49. The van der Waals surface area contributed by atoms with Gasteiger partial charge in [-0.15, -0.1) is 0 Å². The summed E-state index contributed by atoms with van der Waals surface area (Å²) >= 11 is 0. The van der Waals surface area contributed by atoms with E-state index in [-0.39, 0.29) is 5.91 Å². The summed E-state index contributed by atoms with van der Waals surface area (Å²) in [5.41, 5.74) is 0. The van der Waals surface area contributed by atoms with E-state index in [1.54, 1.807) is 20.2 Å². The van der Waals surface area contributed by atoms with E-state index in [4.69, 9.17) is 9.47 Å². The van der Waals surface area contributed by atoms with Gasteiger partial charge in [-0.3, -0.25) is 4.79 Å². The fourth-order valence-electron chi connectivity index (χ4n) is 4.43. The van der Waals surface area contributed by atoms with Gasteiger partial charge < -0.3 is 25.0 Å².